The molecular formula is C18H11Cl2N5O2. The number of rotatable bonds is 3. The summed E-state index contributed by atoms with van der Waals surface area (Å²) in [4.78, 5) is 31.4. The van der Waals surface area contributed by atoms with Crippen LogP contribution in [0.15, 0.2) is 59.4 Å². The molecule has 7 nitrogen and oxygen atoms in total. The Kier molecular flexibility index (Phi) is 4.39. The van der Waals surface area contributed by atoms with E-state index in [2.05, 4.69) is 20.4 Å². The molecule has 0 aliphatic carbocycles. The Labute approximate surface area is 162 Å². The molecule has 0 bridgehead atoms. The van der Waals surface area contributed by atoms with Crippen LogP contribution < -0.4 is 10.9 Å². The number of carbonyl (C=O) groups is 1. The second kappa shape index (κ2) is 6.86. The molecule has 0 saturated heterocycles. The molecule has 27 heavy (non-hydrogen) atoms. The number of hydrogen-bond donors (Lipinski definition) is 2. The second-order valence-corrected chi connectivity index (χ2v) is 6.47. The van der Waals surface area contributed by atoms with Gasteiger partial charge in [-0.2, -0.15) is 9.50 Å². The van der Waals surface area contributed by atoms with E-state index >= 15 is 0 Å². The highest BCUT2D eigenvalue weighted by Crippen LogP contribution is 2.20. The Morgan fingerprint density at radius 1 is 1.07 bits per heavy atom. The third kappa shape index (κ3) is 3.42. The van der Waals surface area contributed by atoms with Crippen molar-refractivity contribution in [2.75, 3.05) is 5.32 Å². The zero-order valence-electron chi connectivity index (χ0n) is 13.6. The van der Waals surface area contributed by atoms with Crippen molar-refractivity contribution in [2.24, 2.45) is 0 Å². The summed E-state index contributed by atoms with van der Waals surface area (Å²) in [6, 6.07) is 14.8. The summed E-state index contributed by atoms with van der Waals surface area (Å²) in [5.74, 6) is 0.283. The molecule has 2 aromatic heterocycles. The average molecular weight is 400 g/mol. The summed E-state index contributed by atoms with van der Waals surface area (Å²) in [5.41, 5.74) is 0.574. The predicted octanol–water partition coefficient (Wildman–Crippen LogP) is 3.64. The van der Waals surface area contributed by atoms with Crippen LogP contribution in [-0.4, -0.2) is 25.5 Å². The van der Waals surface area contributed by atoms with Crippen LogP contribution >= 0.6 is 23.2 Å². The molecule has 2 aromatic carbocycles. The van der Waals surface area contributed by atoms with E-state index in [9.17, 15) is 9.59 Å². The summed E-state index contributed by atoms with van der Waals surface area (Å²) < 4.78 is 1.35. The molecule has 0 saturated carbocycles. The molecule has 2 heterocycles. The van der Waals surface area contributed by atoms with Gasteiger partial charge in [-0.1, -0.05) is 35.3 Å². The topological polar surface area (TPSA) is 92.1 Å². The maximum Gasteiger partial charge on any atom is 0.258 e. The fourth-order valence-corrected chi connectivity index (χ4v) is 2.88. The maximum atomic E-state index is 12.5. The van der Waals surface area contributed by atoms with Crippen molar-refractivity contribution in [3.8, 4) is 11.4 Å². The lowest BCUT2D eigenvalue weighted by Gasteiger charge is -2.07. The van der Waals surface area contributed by atoms with Crippen LogP contribution in [-0.2, 0) is 0 Å². The third-order valence-corrected chi connectivity index (χ3v) is 4.38. The van der Waals surface area contributed by atoms with E-state index < -0.39 is 11.5 Å². The standard InChI is InChI=1S/C18H11Cl2N5O2/c19-11-7-5-10(6-8-11)16-23-18-22-15(26)9-14(25(18)24-16)21-17(27)12-3-1-2-4-13(12)20/h1-9H,(H,21,27)(H,22,23,24,26). The van der Waals surface area contributed by atoms with Crippen LogP contribution in [0, 0.1) is 0 Å². The molecule has 1 amide bonds. The van der Waals surface area contributed by atoms with Gasteiger partial charge >= 0.3 is 0 Å². The van der Waals surface area contributed by atoms with Crippen LogP contribution in [0.3, 0.4) is 0 Å². The van der Waals surface area contributed by atoms with E-state index in [0.717, 1.165) is 0 Å². The number of nitrogens with one attached hydrogen (secondary N) is 2. The number of amides is 1. The summed E-state index contributed by atoms with van der Waals surface area (Å²) in [6.45, 7) is 0. The molecule has 0 spiro atoms. The van der Waals surface area contributed by atoms with Crippen molar-refractivity contribution in [2.45, 2.75) is 0 Å². The van der Waals surface area contributed by atoms with Gasteiger partial charge in [-0.05, 0) is 36.4 Å². The van der Waals surface area contributed by atoms with E-state index in [1.54, 1.807) is 48.5 Å². The van der Waals surface area contributed by atoms with Crippen LogP contribution in [0.5, 0.6) is 0 Å². The summed E-state index contributed by atoms with van der Waals surface area (Å²) >= 11 is 12.0. The number of halogens is 2. The van der Waals surface area contributed by atoms with Crippen molar-refractivity contribution >= 4 is 40.7 Å². The molecule has 0 radical (unpaired) electrons. The monoisotopic (exact) mass is 399 g/mol. The third-order valence-electron chi connectivity index (χ3n) is 3.80. The van der Waals surface area contributed by atoms with Gasteiger partial charge in [-0.25, -0.2) is 0 Å². The van der Waals surface area contributed by atoms with E-state index in [4.69, 9.17) is 23.2 Å². The maximum absolute atomic E-state index is 12.5. The molecule has 0 atom stereocenters. The zero-order chi connectivity index (χ0) is 19.0. The van der Waals surface area contributed by atoms with Crippen LogP contribution in [0.2, 0.25) is 10.0 Å². The predicted molar refractivity (Wildman–Crippen MR) is 103 cm³/mol. The zero-order valence-corrected chi connectivity index (χ0v) is 15.1. The first kappa shape index (κ1) is 17.3. The highest BCUT2D eigenvalue weighted by molar-refractivity contribution is 6.34. The minimum absolute atomic E-state index is 0.173. The quantitative estimate of drug-likeness (QED) is 0.549. The van der Waals surface area contributed by atoms with Gasteiger partial charge in [-0.15, -0.1) is 5.10 Å². The van der Waals surface area contributed by atoms with Gasteiger partial charge in [-0.3, -0.25) is 14.6 Å². The van der Waals surface area contributed by atoms with Crippen molar-refractivity contribution in [3.05, 3.63) is 80.6 Å². The summed E-state index contributed by atoms with van der Waals surface area (Å²) in [5, 5.41) is 7.91. The highest BCUT2D eigenvalue weighted by Gasteiger charge is 2.15. The molecule has 134 valence electrons. The molecule has 0 aliphatic rings. The minimum atomic E-state index is -0.462. The van der Waals surface area contributed by atoms with Crippen LogP contribution in [0.4, 0.5) is 5.82 Å². The number of anilines is 1. The normalized spacial score (nSPS) is 10.9. The number of benzene rings is 2. The molecule has 0 aliphatic heterocycles. The van der Waals surface area contributed by atoms with Crippen molar-refractivity contribution in [1.29, 1.82) is 0 Å². The van der Waals surface area contributed by atoms with E-state index in [-0.39, 0.29) is 17.2 Å². The molecule has 4 aromatic rings. The summed E-state index contributed by atoms with van der Waals surface area (Å²) in [7, 11) is 0. The smallest absolute Gasteiger partial charge is 0.258 e. The molecule has 0 unspecified atom stereocenters. The van der Waals surface area contributed by atoms with Gasteiger partial charge < -0.3 is 5.32 Å². The average Bonchev–Trinajstić information content (AvgIpc) is 3.06. The molecule has 9 heteroatoms. The fourth-order valence-electron chi connectivity index (χ4n) is 2.53. The lowest BCUT2D eigenvalue weighted by molar-refractivity contribution is 0.102. The Balaban J connectivity index is 1.76. The number of carbonyl (C=O) groups excluding carboxylic acids is 1. The van der Waals surface area contributed by atoms with Gasteiger partial charge in [0.15, 0.2) is 5.82 Å². The Morgan fingerprint density at radius 3 is 2.56 bits per heavy atom. The first-order valence-electron chi connectivity index (χ1n) is 7.83. The lowest BCUT2D eigenvalue weighted by Crippen LogP contribution is -2.19. The Morgan fingerprint density at radius 2 is 1.81 bits per heavy atom. The van der Waals surface area contributed by atoms with Crippen molar-refractivity contribution in [1.82, 2.24) is 19.6 Å². The first-order valence-corrected chi connectivity index (χ1v) is 8.59. The van der Waals surface area contributed by atoms with Gasteiger partial charge in [0.1, 0.15) is 5.82 Å². The number of nitrogens with zero attached hydrogens (tertiary/aromatic N) is 3. The van der Waals surface area contributed by atoms with Crippen LogP contribution in [0.25, 0.3) is 17.2 Å². The second-order valence-electron chi connectivity index (χ2n) is 5.63. The minimum Gasteiger partial charge on any atom is -0.306 e. The van der Waals surface area contributed by atoms with Gasteiger partial charge in [0.2, 0.25) is 5.78 Å². The number of H-pyrrole nitrogens is 1. The van der Waals surface area contributed by atoms with Gasteiger partial charge in [0.25, 0.3) is 11.5 Å². The lowest BCUT2D eigenvalue weighted by atomic mass is 10.2. The highest BCUT2D eigenvalue weighted by atomic mass is 35.5. The van der Waals surface area contributed by atoms with Crippen molar-refractivity contribution < 1.29 is 4.79 Å². The Bertz CT molecular complexity index is 1210. The largest absolute Gasteiger partial charge is 0.306 e. The molecule has 2 N–H and O–H groups in total. The van der Waals surface area contributed by atoms with Crippen LogP contribution in [0.1, 0.15) is 10.4 Å². The fraction of sp³-hybridized carbons (Fsp3) is 0. The van der Waals surface area contributed by atoms with Crippen molar-refractivity contribution in [3.63, 3.8) is 0 Å². The van der Waals surface area contributed by atoms with E-state index in [1.165, 1.54) is 10.6 Å². The van der Waals surface area contributed by atoms with Gasteiger partial charge in [0, 0.05) is 16.7 Å². The van der Waals surface area contributed by atoms with E-state index in [1.807, 2.05) is 0 Å². The number of hydrogen-bond acceptors (Lipinski definition) is 4. The Hall–Kier alpha value is -3.16. The number of aromatic nitrogens is 4. The number of aromatic amines is 1. The first-order chi connectivity index (χ1) is 13.0. The SMILES string of the molecule is O=C(Nc1cc(=O)[nH]c2nc(-c3ccc(Cl)cc3)nn12)c1ccccc1Cl. The molecule has 0 fully saturated rings. The van der Waals surface area contributed by atoms with Gasteiger partial charge in [0.05, 0.1) is 10.6 Å². The van der Waals surface area contributed by atoms with E-state index in [0.29, 0.717) is 21.4 Å². The summed E-state index contributed by atoms with van der Waals surface area (Å²) in [6.07, 6.45) is 0. The molecular weight excluding hydrogens is 389 g/mol. The number of fused-ring (bicyclic) bond motifs is 1. The molecule has 4 rings (SSSR count).